The van der Waals surface area contributed by atoms with Crippen LogP contribution in [-0.2, 0) is 25.5 Å². The number of rotatable bonds is 10. The van der Waals surface area contributed by atoms with Crippen LogP contribution < -0.4 is 0 Å². The summed E-state index contributed by atoms with van der Waals surface area (Å²) in [5.41, 5.74) is 14.0. The lowest BCUT2D eigenvalue weighted by Gasteiger charge is -2.08. The summed E-state index contributed by atoms with van der Waals surface area (Å²) in [6.07, 6.45) is 4.03. The smallest absolute Gasteiger partial charge is 0.302 e. The average Bonchev–Trinajstić information content (AvgIpc) is 3.69. The lowest BCUT2D eigenvalue weighted by atomic mass is 10.00. The molecule has 9 heteroatoms. The third-order valence-electron chi connectivity index (χ3n) is 8.90. The Labute approximate surface area is 270 Å². The van der Waals surface area contributed by atoms with Crippen molar-refractivity contribution in [3.63, 3.8) is 0 Å². The van der Waals surface area contributed by atoms with Crippen molar-refractivity contribution >= 4 is 56.4 Å². The molecule has 3 aliphatic rings. The Kier molecular flexibility index (Phi) is 9.89. The molecule has 0 radical (unpaired) electrons. The second kappa shape index (κ2) is 13.8. The van der Waals surface area contributed by atoms with Crippen molar-refractivity contribution in [1.29, 1.82) is 0 Å². The van der Waals surface area contributed by atoms with Gasteiger partial charge in [0.05, 0.1) is 36.0 Å². The second-order valence-corrected chi connectivity index (χ2v) is 11.7. The van der Waals surface area contributed by atoms with Gasteiger partial charge in [0.1, 0.15) is 0 Å². The normalized spacial score (nSPS) is 13.8. The van der Waals surface area contributed by atoms with Crippen molar-refractivity contribution in [2.24, 2.45) is 0 Å². The van der Waals surface area contributed by atoms with E-state index in [1.54, 1.807) is 0 Å². The molecular formula is C37H44N4O5. The van der Waals surface area contributed by atoms with Crippen molar-refractivity contribution in [3.05, 3.63) is 63.9 Å². The van der Waals surface area contributed by atoms with E-state index in [0.29, 0.717) is 37.5 Å². The van der Waals surface area contributed by atoms with E-state index in [-0.39, 0.29) is 25.2 Å². The first-order valence-corrected chi connectivity index (χ1v) is 16.3. The highest BCUT2D eigenvalue weighted by atomic mass is 16.5. The molecular weight excluding hydrogens is 580 g/mol. The van der Waals surface area contributed by atoms with E-state index < -0.39 is 0 Å². The zero-order chi connectivity index (χ0) is 33.1. The minimum Gasteiger partial charge on any atom is -0.466 e. The highest BCUT2D eigenvalue weighted by molar-refractivity contribution is 5.95. The quantitative estimate of drug-likeness (QED) is 0.261. The van der Waals surface area contributed by atoms with Crippen LogP contribution in [0.5, 0.6) is 0 Å². The monoisotopic (exact) mass is 624 g/mol. The van der Waals surface area contributed by atoms with Crippen molar-refractivity contribution < 1.29 is 23.5 Å². The summed E-state index contributed by atoms with van der Waals surface area (Å²) >= 11 is 0. The number of fused-ring (bicyclic) bond motifs is 8. The number of esters is 2. The first-order chi connectivity index (χ1) is 22.1. The largest absolute Gasteiger partial charge is 0.466 e. The Balaban J connectivity index is 1.88. The maximum atomic E-state index is 11.6. The van der Waals surface area contributed by atoms with Crippen LogP contribution in [0, 0.1) is 6.92 Å². The molecule has 2 aromatic heterocycles. The summed E-state index contributed by atoms with van der Waals surface area (Å²) in [6.45, 7) is 16.0. The maximum Gasteiger partial charge on any atom is 0.302 e. The number of nitrogens with one attached hydrogen (secondary N) is 1. The van der Waals surface area contributed by atoms with Crippen LogP contribution >= 0.6 is 0 Å². The summed E-state index contributed by atoms with van der Waals surface area (Å²) in [5.74, 6) is 0.199. The van der Waals surface area contributed by atoms with Gasteiger partial charge in [0.25, 0.3) is 0 Å². The third kappa shape index (κ3) is 6.41. The van der Waals surface area contributed by atoms with Gasteiger partial charge >= 0.3 is 11.9 Å². The van der Waals surface area contributed by atoms with E-state index in [9.17, 15) is 9.59 Å². The zero-order valence-electron chi connectivity index (χ0n) is 28.3. The first-order valence-electron chi connectivity index (χ1n) is 16.3. The fraction of sp³-hybridized carbons (Fsp3) is 0.432. The molecule has 0 unspecified atom stereocenters. The molecule has 1 N–H and O–H groups in total. The van der Waals surface area contributed by atoms with Crippen LogP contribution in [0.25, 0.3) is 44.5 Å². The van der Waals surface area contributed by atoms with Crippen LogP contribution in [0.15, 0.2) is 22.6 Å². The van der Waals surface area contributed by atoms with Crippen LogP contribution in [0.2, 0.25) is 0 Å². The van der Waals surface area contributed by atoms with Gasteiger partial charge in [0.2, 0.25) is 11.8 Å². The molecule has 0 atom stereocenters. The molecule has 0 aliphatic carbocycles. The van der Waals surface area contributed by atoms with E-state index in [1.807, 2.05) is 6.07 Å². The number of aryl methyl sites for hydroxylation is 2. The van der Waals surface area contributed by atoms with Crippen LogP contribution in [-0.4, -0.2) is 45.1 Å². The van der Waals surface area contributed by atoms with E-state index in [4.69, 9.17) is 28.8 Å². The number of carbonyl (C=O) groups is 2. The van der Waals surface area contributed by atoms with Gasteiger partial charge in [0, 0.05) is 48.9 Å². The molecule has 46 heavy (non-hydrogen) atoms. The second-order valence-electron chi connectivity index (χ2n) is 11.7. The topological polar surface area (TPSA) is 120 Å². The number of aromatic amines is 1. The van der Waals surface area contributed by atoms with Gasteiger partial charge in [-0.3, -0.25) is 9.59 Å². The molecule has 2 aromatic rings. The van der Waals surface area contributed by atoms with Crippen LogP contribution in [0.1, 0.15) is 126 Å². The van der Waals surface area contributed by atoms with E-state index in [2.05, 4.69) is 58.7 Å². The molecule has 242 valence electrons. The van der Waals surface area contributed by atoms with Crippen molar-refractivity contribution in [2.75, 3.05) is 13.2 Å². The number of nitrogens with zero attached hydrogens (tertiary/aromatic N) is 3. The standard InChI is InChI=1S/C37H44N4O5/c1-9-24-20(5)30-17-34-26(11-3)28(13-15-44-22(7)42)36(40-34)46-37-29(14-16-45-23(8)43)27(12-4)35(41-37)18-31-21(6)25(10-2)33(39-31)19-32(24)38-30/h17-19,38H,9-16H2,1-8H3. The number of H-pyrrole nitrogens is 1. The van der Waals surface area contributed by atoms with Crippen molar-refractivity contribution in [1.82, 2.24) is 19.9 Å². The Morgan fingerprint density at radius 2 is 1.15 bits per heavy atom. The highest BCUT2D eigenvalue weighted by Crippen LogP contribution is 2.40. The highest BCUT2D eigenvalue weighted by Gasteiger charge is 2.27. The van der Waals surface area contributed by atoms with Gasteiger partial charge in [0.15, 0.2) is 0 Å². The first kappa shape index (κ1) is 32.9. The number of allylic oxidation sites excluding steroid dienone is 4. The van der Waals surface area contributed by atoms with Gasteiger partial charge in [-0.25, -0.2) is 15.0 Å². The van der Waals surface area contributed by atoms with Gasteiger partial charge in [-0.05, 0) is 91.1 Å². The van der Waals surface area contributed by atoms with Crippen LogP contribution in [0.4, 0.5) is 0 Å². The SMILES string of the molecule is CCC1=C(C)c2cc3nc(oc4nc(cc5[nH]c(cc1n2)c(CC)c5C)C(CC)=C4CCOC(C)=O)C(CCOC(C)=O)=C3CC. The number of carbonyl (C=O) groups excluding carboxylic acids is 2. The summed E-state index contributed by atoms with van der Waals surface area (Å²) in [4.78, 5) is 42.1. The van der Waals surface area contributed by atoms with E-state index >= 15 is 0 Å². The van der Waals surface area contributed by atoms with Gasteiger partial charge in [-0.2, -0.15) is 0 Å². The Morgan fingerprint density at radius 1 is 0.652 bits per heavy atom. The number of ether oxygens (including phenoxy) is 2. The van der Waals surface area contributed by atoms with E-state index in [1.165, 1.54) is 30.5 Å². The fourth-order valence-corrected chi connectivity index (χ4v) is 6.59. The molecule has 8 bridgehead atoms. The third-order valence-corrected chi connectivity index (χ3v) is 8.90. The number of hydrogen-bond acceptors (Lipinski definition) is 8. The average molecular weight is 625 g/mol. The van der Waals surface area contributed by atoms with Gasteiger partial charge in [-0.15, -0.1) is 0 Å². The summed E-state index contributed by atoms with van der Waals surface area (Å²) in [5, 5.41) is 0. The molecule has 0 amide bonds. The minimum absolute atomic E-state index is 0.206. The summed E-state index contributed by atoms with van der Waals surface area (Å²) in [7, 11) is 0. The molecule has 9 nitrogen and oxygen atoms in total. The number of aromatic nitrogens is 4. The molecule has 0 saturated heterocycles. The fourth-order valence-electron chi connectivity index (χ4n) is 6.59. The van der Waals surface area contributed by atoms with Crippen LogP contribution in [0.3, 0.4) is 0 Å². The molecule has 3 aliphatic heterocycles. The lowest BCUT2D eigenvalue weighted by molar-refractivity contribution is -0.141. The Morgan fingerprint density at radius 3 is 1.65 bits per heavy atom. The summed E-state index contributed by atoms with van der Waals surface area (Å²) in [6, 6.07) is 6.30. The Hall–Kier alpha value is -4.53. The predicted molar refractivity (Wildman–Crippen MR) is 182 cm³/mol. The molecule has 0 saturated carbocycles. The lowest BCUT2D eigenvalue weighted by Crippen LogP contribution is -2.02. The molecule has 5 heterocycles. The predicted octanol–water partition coefficient (Wildman–Crippen LogP) is 8.46. The van der Waals surface area contributed by atoms with Crippen molar-refractivity contribution in [3.8, 4) is 0 Å². The molecule has 5 rings (SSSR count). The Bertz CT molecular complexity index is 1870. The van der Waals surface area contributed by atoms with E-state index in [0.717, 1.165) is 74.5 Å². The molecule has 0 aromatic carbocycles. The maximum absolute atomic E-state index is 11.6. The van der Waals surface area contributed by atoms with Gasteiger partial charge < -0.3 is 18.9 Å². The molecule has 0 spiro atoms. The zero-order valence-corrected chi connectivity index (χ0v) is 28.3. The van der Waals surface area contributed by atoms with Crippen molar-refractivity contribution in [2.45, 2.75) is 93.9 Å². The molecule has 0 fully saturated rings. The summed E-state index contributed by atoms with van der Waals surface area (Å²) < 4.78 is 17.3. The van der Waals surface area contributed by atoms with Gasteiger partial charge in [-0.1, -0.05) is 27.7 Å². The number of hydrogen-bond donors (Lipinski definition) is 1. The minimum atomic E-state index is -0.336.